The van der Waals surface area contributed by atoms with Crippen molar-refractivity contribution in [3.8, 4) is 0 Å². The summed E-state index contributed by atoms with van der Waals surface area (Å²) in [7, 11) is 0. The molecule has 2 unspecified atom stereocenters. The molecule has 1 saturated heterocycles. The Morgan fingerprint density at radius 1 is 1.29 bits per heavy atom. The summed E-state index contributed by atoms with van der Waals surface area (Å²) >= 11 is 0. The van der Waals surface area contributed by atoms with Crippen molar-refractivity contribution in [3.05, 3.63) is 35.9 Å². The molecule has 5 nitrogen and oxygen atoms in total. The van der Waals surface area contributed by atoms with Gasteiger partial charge in [-0.25, -0.2) is 0 Å². The van der Waals surface area contributed by atoms with Crippen molar-refractivity contribution in [2.45, 2.75) is 51.1 Å². The minimum Gasteiger partial charge on any atom is -0.352 e. The van der Waals surface area contributed by atoms with E-state index in [1.54, 1.807) is 4.90 Å². The van der Waals surface area contributed by atoms with Gasteiger partial charge >= 0.3 is 0 Å². The number of piperidine rings is 1. The number of nitrogens with zero attached hydrogens (tertiary/aromatic N) is 1. The van der Waals surface area contributed by atoms with E-state index in [2.05, 4.69) is 5.32 Å². The largest absolute Gasteiger partial charge is 0.352 e. The molecule has 0 aliphatic carbocycles. The van der Waals surface area contributed by atoms with E-state index >= 15 is 0 Å². The normalized spacial score (nSPS) is 18.4. The minimum absolute atomic E-state index is 0. The van der Waals surface area contributed by atoms with Crippen LogP contribution in [0, 0.1) is 0 Å². The molecule has 1 aliphatic rings. The van der Waals surface area contributed by atoms with Gasteiger partial charge in [-0.3, -0.25) is 9.59 Å². The van der Waals surface area contributed by atoms with Crippen molar-refractivity contribution in [1.29, 1.82) is 0 Å². The third-order valence-electron chi connectivity index (χ3n) is 4.31. The van der Waals surface area contributed by atoms with E-state index in [4.69, 9.17) is 5.73 Å². The van der Waals surface area contributed by atoms with Crippen LogP contribution in [0.3, 0.4) is 0 Å². The number of halogens is 1. The fraction of sp³-hybridized carbons (Fsp3) is 0.556. The average Bonchev–Trinajstić information content (AvgIpc) is 2.60. The van der Waals surface area contributed by atoms with Crippen LogP contribution >= 0.6 is 12.4 Å². The maximum absolute atomic E-state index is 12.5. The van der Waals surface area contributed by atoms with Crippen LogP contribution in [-0.2, 0) is 9.59 Å². The van der Waals surface area contributed by atoms with Gasteiger partial charge in [0.05, 0.1) is 0 Å². The molecule has 1 aliphatic heterocycles. The molecule has 1 aromatic rings. The van der Waals surface area contributed by atoms with Crippen LogP contribution < -0.4 is 11.1 Å². The number of hydrogen-bond donors (Lipinski definition) is 2. The lowest BCUT2D eigenvalue weighted by Gasteiger charge is -2.35. The fourth-order valence-corrected chi connectivity index (χ4v) is 3.01. The second kappa shape index (κ2) is 10.3. The van der Waals surface area contributed by atoms with Crippen molar-refractivity contribution in [1.82, 2.24) is 10.2 Å². The van der Waals surface area contributed by atoms with Gasteiger partial charge in [-0.05, 0) is 31.2 Å². The van der Waals surface area contributed by atoms with Crippen LogP contribution in [-0.4, -0.2) is 35.8 Å². The maximum Gasteiger partial charge on any atom is 0.242 e. The molecule has 0 saturated carbocycles. The smallest absolute Gasteiger partial charge is 0.242 e. The van der Waals surface area contributed by atoms with Crippen LogP contribution in [0.2, 0.25) is 0 Å². The van der Waals surface area contributed by atoms with E-state index in [0.717, 1.165) is 31.2 Å². The van der Waals surface area contributed by atoms with Crippen LogP contribution in [0.5, 0.6) is 0 Å². The third kappa shape index (κ3) is 5.49. The molecule has 0 radical (unpaired) electrons. The molecule has 0 bridgehead atoms. The monoisotopic (exact) mass is 353 g/mol. The Kier molecular flexibility index (Phi) is 8.79. The number of amides is 2. The average molecular weight is 354 g/mol. The van der Waals surface area contributed by atoms with Crippen molar-refractivity contribution in [3.63, 3.8) is 0 Å². The Hall–Kier alpha value is -1.59. The molecule has 3 N–H and O–H groups in total. The predicted octanol–water partition coefficient (Wildman–Crippen LogP) is 2.41. The molecule has 6 heteroatoms. The zero-order valence-electron chi connectivity index (χ0n) is 14.2. The highest BCUT2D eigenvalue weighted by atomic mass is 35.5. The van der Waals surface area contributed by atoms with Gasteiger partial charge in [0.25, 0.3) is 0 Å². The molecule has 2 atom stereocenters. The number of carbonyl (C=O) groups excluding carboxylic acids is 2. The van der Waals surface area contributed by atoms with Crippen molar-refractivity contribution in [2.24, 2.45) is 5.73 Å². The Bertz CT molecular complexity index is 524. The number of nitrogens with one attached hydrogen (secondary N) is 1. The molecular weight excluding hydrogens is 326 g/mol. The summed E-state index contributed by atoms with van der Waals surface area (Å²) in [5.41, 5.74) is 7.12. The van der Waals surface area contributed by atoms with Crippen LogP contribution in [0.15, 0.2) is 30.3 Å². The first kappa shape index (κ1) is 20.5. The Labute approximate surface area is 150 Å². The Morgan fingerprint density at radius 3 is 2.67 bits per heavy atom. The number of rotatable bonds is 6. The predicted molar refractivity (Wildman–Crippen MR) is 97.9 cm³/mol. The molecule has 24 heavy (non-hydrogen) atoms. The fourth-order valence-electron chi connectivity index (χ4n) is 3.01. The van der Waals surface area contributed by atoms with Gasteiger partial charge in [-0.15, -0.1) is 12.4 Å². The topological polar surface area (TPSA) is 75.4 Å². The summed E-state index contributed by atoms with van der Waals surface area (Å²) < 4.78 is 0. The van der Waals surface area contributed by atoms with Crippen LogP contribution in [0.25, 0.3) is 0 Å². The highest BCUT2D eigenvalue weighted by Crippen LogP contribution is 2.19. The van der Waals surface area contributed by atoms with Gasteiger partial charge in [-0.1, -0.05) is 37.3 Å². The zero-order chi connectivity index (χ0) is 16.7. The summed E-state index contributed by atoms with van der Waals surface area (Å²) in [6, 6.07) is 9.14. The van der Waals surface area contributed by atoms with Gasteiger partial charge in [0, 0.05) is 25.6 Å². The summed E-state index contributed by atoms with van der Waals surface area (Å²) in [6.45, 7) is 3.05. The van der Waals surface area contributed by atoms with Gasteiger partial charge in [0.2, 0.25) is 11.8 Å². The first-order chi connectivity index (χ1) is 11.1. The van der Waals surface area contributed by atoms with Crippen LogP contribution in [0.1, 0.15) is 50.6 Å². The van der Waals surface area contributed by atoms with Gasteiger partial charge < -0.3 is 16.0 Å². The summed E-state index contributed by atoms with van der Waals surface area (Å²) in [5, 5.41) is 2.92. The Morgan fingerprint density at radius 2 is 2.00 bits per heavy atom. The Balaban J connectivity index is 0.00000288. The molecule has 2 rings (SSSR count). The third-order valence-corrected chi connectivity index (χ3v) is 4.31. The lowest BCUT2D eigenvalue weighted by molar-refractivity contribution is -0.142. The molecule has 1 heterocycles. The molecule has 134 valence electrons. The van der Waals surface area contributed by atoms with Gasteiger partial charge in [-0.2, -0.15) is 0 Å². The molecule has 2 amide bonds. The number of hydrogen-bond acceptors (Lipinski definition) is 3. The molecule has 1 fully saturated rings. The highest BCUT2D eigenvalue weighted by molar-refractivity contribution is 5.87. The van der Waals surface area contributed by atoms with Gasteiger partial charge in [0.15, 0.2) is 0 Å². The van der Waals surface area contributed by atoms with E-state index in [-0.39, 0.29) is 36.3 Å². The summed E-state index contributed by atoms with van der Waals surface area (Å²) in [5.74, 6) is 0.000224. The zero-order valence-corrected chi connectivity index (χ0v) is 15.1. The lowest BCUT2D eigenvalue weighted by atomic mass is 10.00. The molecular formula is C18H28ClN3O2. The summed E-state index contributed by atoms with van der Waals surface area (Å²) in [6.07, 6.45) is 4.01. The first-order valence-corrected chi connectivity index (χ1v) is 8.51. The second-order valence-corrected chi connectivity index (χ2v) is 6.11. The van der Waals surface area contributed by atoms with Gasteiger partial charge in [0.1, 0.15) is 6.04 Å². The van der Waals surface area contributed by atoms with E-state index in [1.807, 2.05) is 37.3 Å². The quantitative estimate of drug-likeness (QED) is 0.824. The lowest BCUT2D eigenvalue weighted by Crippen LogP contribution is -2.52. The highest BCUT2D eigenvalue weighted by Gasteiger charge is 2.31. The second-order valence-electron chi connectivity index (χ2n) is 6.11. The SMILES string of the molecule is CCCC(=O)N1CCCCC1C(=O)NCC(N)c1ccccc1.Cl. The summed E-state index contributed by atoms with van der Waals surface area (Å²) in [4.78, 5) is 26.4. The van der Waals surface area contributed by atoms with E-state index < -0.39 is 0 Å². The number of carbonyl (C=O) groups is 2. The standard InChI is InChI=1S/C18H27N3O2.ClH/c1-2-8-17(22)21-12-7-6-11-16(21)18(23)20-13-15(19)14-9-4-3-5-10-14;/h3-5,9-10,15-16H,2,6-8,11-13,19H2,1H3,(H,20,23);1H. The van der Waals surface area contributed by atoms with Crippen molar-refractivity contribution in [2.75, 3.05) is 13.1 Å². The maximum atomic E-state index is 12.5. The first-order valence-electron chi connectivity index (χ1n) is 8.51. The minimum atomic E-state index is -0.342. The van der Waals surface area contributed by atoms with E-state index in [1.165, 1.54) is 0 Å². The number of benzene rings is 1. The van der Waals surface area contributed by atoms with E-state index in [9.17, 15) is 9.59 Å². The molecule has 0 spiro atoms. The van der Waals surface area contributed by atoms with Crippen LogP contribution in [0.4, 0.5) is 0 Å². The molecule has 0 aromatic heterocycles. The number of likely N-dealkylation sites (tertiary alicyclic amines) is 1. The van der Waals surface area contributed by atoms with Crippen molar-refractivity contribution < 1.29 is 9.59 Å². The number of nitrogens with two attached hydrogens (primary N) is 1. The molecule has 1 aromatic carbocycles. The van der Waals surface area contributed by atoms with E-state index in [0.29, 0.717) is 19.5 Å². The van der Waals surface area contributed by atoms with Crippen molar-refractivity contribution >= 4 is 24.2 Å².